The van der Waals surface area contributed by atoms with Gasteiger partial charge in [0.2, 0.25) is 5.91 Å². The van der Waals surface area contributed by atoms with Gasteiger partial charge in [-0.15, -0.1) is 0 Å². The van der Waals surface area contributed by atoms with Crippen molar-refractivity contribution in [2.45, 2.75) is 52.1 Å². The van der Waals surface area contributed by atoms with E-state index in [1.165, 1.54) is 19.4 Å². The molecule has 1 fully saturated rings. The van der Waals surface area contributed by atoms with E-state index in [0.29, 0.717) is 0 Å². The lowest BCUT2D eigenvalue weighted by molar-refractivity contribution is -0.130. The Morgan fingerprint density at radius 1 is 1.28 bits per heavy atom. The van der Waals surface area contributed by atoms with Crippen molar-refractivity contribution in [3.8, 4) is 0 Å². The van der Waals surface area contributed by atoms with Gasteiger partial charge in [0.25, 0.3) is 0 Å². The first-order valence-electron chi connectivity index (χ1n) is 7.39. The minimum Gasteiger partial charge on any atom is -0.368 e. The smallest absolute Gasteiger partial charge is 0.249 e. The van der Waals surface area contributed by atoms with Crippen molar-refractivity contribution >= 4 is 5.91 Å². The van der Waals surface area contributed by atoms with Crippen LogP contribution in [0.4, 0.5) is 0 Å². The van der Waals surface area contributed by atoms with Crippen LogP contribution in [0.2, 0.25) is 0 Å². The highest BCUT2D eigenvalue weighted by Gasteiger charge is 2.22. The lowest BCUT2D eigenvalue weighted by atomic mass is 10.2. The summed E-state index contributed by atoms with van der Waals surface area (Å²) in [7, 11) is 0. The molecule has 1 unspecified atom stereocenters. The van der Waals surface area contributed by atoms with Crippen molar-refractivity contribution in [3.05, 3.63) is 0 Å². The van der Waals surface area contributed by atoms with Crippen LogP contribution in [-0.4, -0.2) is 49.7 Å². The van der Waals surface area contributed by atoms with Crippen molar-refractivity contribution in [2.24, 2.45) is 0 Å². The summed E-state index contributed by atoms with van der Waals surface area (Å²) in [5, 5.41) is 2.96. The van der Waals surface area contributed by atoms with Crippen LogP contribution in [0.25, 0.3) is 0 Å². The highest BCUT2D eigenvalue weighted by atomic mass is 16.5. The Hall–Kier alpha value is -0.610. The van der Waals surface area contributed by atoms with Crippen molar-refractivity contribution < 1.29 is 9.53 Å². The minimum absolute atomic E-state index is 0.0799. The zero-order valence-corrected chi connectivity index (χ0v) is 11.9. The lowest BCUT2D eigenvalue weighted by Crippen LogP contribution is -2.34. The third-order valence-corrected chi connectivity index (χ3v) is 3.57. The molecule has 1 N–H and O–H groups in total. The molecule has 4 heteroatoms. The molecule has 106 valence electrons. The molecule has 1 aliphatic heterocycles. The molecule has 1 rings (SSSR count). The van der Waals surface area contributed by atoms with E-state index in [-0.39, 0.29) is 12.0 Å². The predicted molar refractivity (Wildman–Crippen MR) is 73.6 cm³/mol. The summed E-state index contributed by atoms with van der Waals surface area (Å²) in [6, 6.07) is 0. The van der Waals surface area contributed by atoms with Gasteiger partial charge in [-0.1, -0.05) is 20.3 Å². The minimum atomic E-state index is -0.180. The normalized spacial score (nSPS) is 19.4. The Bertz CT molecular complexity index is 224. The first-order chi connectivity index (χ1) is 8.77. The van der Waals surface area contributed by atoms with Crippen LogP contribution < -0.4 is 5.32 Å². The second-order valence-corrected chi connectivity index (χ2v) is 4.88. The van der Waals surface area contributed by atoms with Gasteiger partial charge in [-0.05, 0) is 45.3 Å². The van der Waals surface area contributed by atoms with Crippen LogP contribution >= 0.6 is 0 Å². The molecule has 18 heavy (non-hydrogen) atoms. The van der Waals surface area contributed by atoms with Crippen LogP contribution in [0.15, 0.2) is 0 Å². The molecule has 0 radical (unpaired) electrons. The summed E-state index contributed by atoms with van der Waals surface area (Å²) >= 11 is 0. The molecule has 4 nitrogen and oxygen atoms in total. The molecule has 1 amide bonds. The molecule has 1 atom stereocenters. The maximum atomic E-state index is 11.6. The number of carbonyl (C=O) groups excluding carboxylic acids is 1. The summed E-state index contributed by atoms with van der Waals surface area (Å²) in [6.45, 7) is 9.36. The Morgan fingerprint density at radius 2 is 2.06 bits per heavy atom. The van der Waals surface area contributed by atoms with Crippen LogP contribution in [0.1, 0.15) is 46.0 Å². The number of carbonyl (C=O) groups is 1. The van der Waals surface area contributed by atoms with Gasteiger partial charge in [-0.3, -0.25) is 4.79 Å². The Morgan fingerprint density at radius 3 is 2.67 bits per heavy atom. The molecule has 1 saturated heterocycles. The first kappa shape index (κ1) is 15.4. The number of unbranched alkanes of at least 4 members (excludes halogenated alkanes) is 2. The van der Waals surface area contributed by atoms with Crippen LogP contribution in [-0.2, 0) is 9.53 Å². The molecule has 0 spiro atoms. The van der Waals surface area contributed by atoms with E-state index in [1.807, 2.05) is 0 Å². The van der Waals surface area contributed by atoms with Gasteiger partial charge >= 0.3 is 0 Å². The van der Waals surface area contributed by atoms with E-state index in [2.05, 4.69) is 24.1 Å². The third-order valence-electron chi connectivity index (χ3n) is 3.57. The van der Waals surface area contributed by atoms with Gasteiger partial charge < -0.3 is 15.0 Å². The summed E-state index contributed by atoms with van der Waals surface area (Å²) in [6.07, 6.45) is 5.19. The van der Waals surface area contributed by atoms with Gasteiger partial charge in [0.05, 0.1) is 0 Å². The van der Waals surface area contributed by atoms with Gasteiger partial charge in [-0.25, -0.2) is 0 Å². The summed E-state index contributed by atoms with van der Waals surface area (Å²) in [4.78, 5) is 14.1. The number of rotatable bonds is 9. The maximum Gasteiger partial charge on any atom is 0.249 e. The molecule has 0 saturated carbocycles. The molecule has 1 heterocycles. The van der Waals surface area contributed by atoms with E-state index >= 15 is 0 Å². The van der Waals surface area contributed by atoms with Gasteiger partial charge in [0.1, 0.15) is 6.10 Å². The van der Waals surface area contributed by atoms with Crippen LogP contribution in [0, 0.1) is 0 Å². The standard InChI is InChI=1S/C14H28N2O2/c1-3-16(4-2)11-7-5-6-10-15-14(17)13-9-8-12-18-13/h13H,3-12H2,1-2H3,(H,15,17). The highest BCUT2D eigenvalue weighted by molar-refractivity contribution is 5.80. The topological polar surface area (TPSA) is 41.6 Å². The Kier molecular flexibility index (Phi) is 8.01. The van der Waals surface area contributed by atoms with E-state index in [9.17, 15) is 4.79 Å². The molecule has 1 aliphatic rings. The quantitative estimate of drug-likeness (QED) is 0.640. The zero-order chi connectivity index (χ0) is 13.2. The third kappa shape index (κ3) is 5.83. The van der Waals surface area contributed by atoms with Crippen LogP contribution in [0.3, 0.4) is 0 Å². The predicted octanol–water partition coefficient (Wildman–Crippen LogP) is 1.79. The van der Waals surface area contributed by atoms with Crippen LogP contribution in [0.5, 0.6) is 0 Å². The average molecular weight is 256 g/mol. The number of hydrogen-bond donors (Lipinski definition) is 1. The van der Waals surface area contributed by atoms with Crippen molar-refractivity contribution in [1.29, 1.82) is 0 Å². The summed E-state index contributed by atoms with van der Waals surface area (Å²) < 4.78 is 5.33. The molecular weight excluding hydrogens is 228 g/mol. The maximum absolute atomic E-state index is 11.6. The monoisotopic (exact) mass is 256 g/mol. The van der Waals surface area contributed by atoms with E-state index in [4.69, 9.17) is 4.74 Å². The largest absolute Gasteiger partial charge is 0.368 e. The molecule has 0 aromatic heterocycles. The SMILES string of the molecule is CCN(CC)CCCCCNC(=O)C1CCCO1. The summed E-state index contributed by atoms with van der Waals surface area (Å²) in [5.41, 5.74) is 0. The zero-order valence-electron chi connectivity index (χ0n) is 11.9. The number of hydrogen-bond acceptors (Lipinski definition) is 3. The Balaban J connectivity index is 1.93. The molecule has 0 bridgehead atoms. The number of nitrogens with zero attached hydrogens (tertiary/aromatic N) is 1. The number of ether oxygens (including phenoxy) is 1. The first-order valence-corrected chi connectivity index (χ1v) is 7.39. The summed E-state index contributed by atoms with van der Waals surface area (Å²) in [5.74, 6) is 0.0799. The highest BCUT2D eigenvalue weighted by Crippen LogP contribution is 2.11. The Labute approximate surface area is 111 Å². The molecular formula is C14H28N2O2. The fraction of sp³-hybridized carbons (Fsp3) is 0.929. The van der Waals surface area contributed by atoms with Gasteiger partial charge in [-0.2, -0.15) is 0 Å². The number of nitrogens with one attached hydrogen (secondary N) is 1. The van der Waals surface area contributed by atoms with Gasteiger partial charge in [0, 0.05) is 13.2 Å². The fourth-order valence-corrected chi connectivity index (χ4v) is 2.29. The lowest BCUT2D eigenvalue weighted by Gasteiger charge is -2.17. The van der Waals surface area contributed by atoms with Gasteiger partial charge in [0.15, 0.2) is 0 Å². The fourth-order valence-electron chi connectivity index (χ4n) is 2.29. The van der Waals surface area contributed by atoms with E-state index in [0.717, 1.165) is 45.5 Å². The molecule has 0 aromatic carbocycles. The van der Waals surface area contributed by atoms with E-state index < -0.39 is 0 Å². The van der Waals surface area contributed by atoms with E-state index in [1.54, 1.807) is 0 Å². The van der Waals surface area contributed by atoms with Crippen molar-refractivity contribution in [2.75, 3.05) is 32.8 Å². The average Bonchev–Trinajstić information content (AvgIpc) is 2.92. The molecule has 0 aromatic rings. The van der Waals surface area contributed by atoms with Crippen molar-refractivity contribution in [1.82, 2.24) is 10.2 Å². The second-order valence-electron chi connectivity index (χ2n) is 4.88. The molecule has 0 aliphatic carbocycles. The van der Waals surface area contributed by atoms with Crippen molar-refractivity contribution in [3.63, 3.8) is 0 Å². The number of amides is 1. The second kappa shape index (κ2) is 9.34.